The summed E-state index contributed by atoms with van der Waals surface area (Å²) in [6.07, 6.45) is -0.835. The molecule has 0 aliphatic carbocycles. The second kappa shape index (κ2) is 8.93. The molecule has 0 bridgehead atoms. The van der Waals surface area contributed by atoms with Crippen molar-refractivity contribution in [2.45, 2.75) is 13.2 Å². The average molecular weight is 458 g/mol. The number of aliphatic hydroxyl groups is 1. The number of amides is 2. The van der Waals surface area contributed by atoms with Crippen molar-refractivity contribution in [3.05, 3.63) is 77.4 Å². The van der Waals surface area contributed by atoms with Crippen LogP contribution in [0.25, 0.3) is 0 Å². The van der Waals surface area contributed by atoms with Crippen molar-refractivity contribution < 1.29 is 32.6 Å². The van der Waals surface area contributed by atoms with E-state index < -0.39 is 34.0 Å². The first-order chi connectivity index (χ1) is 15.0. The molecule has 3 rings (SSSR count). The zero-order valence-electron chi connectivity index (χ0n) is 17.5. The SMILES string of the molecule is C=C(C)C(=O)OCCN(C(=O)c1ccc2c(c1)C(=O)N(S(C)(=O)=O)C2O)c1ccccc1. The fraction of sp³-hybridized carbons (Fsp3) is 0.227. The van der Waals surface area contributed by atoms with E-state index in [1.165, 1.54) is 30.0 Å². The number of ether oxygens (including phenoxy) is 1. The summed E-state index contributed by atoms with van der Waals surface area (Å²) in [5.74, 6) is -1.99. The Morgan fingerprint density at radius 1 is 1.19 bits per heavy atom. The molecule has 0 saturated heterocycles. The van der Waals surface area contributed by atoms with E-state index in [-0.39, 0.29) is 35.4 Å². The van der Waals surface area contributed by atoms with Gasteiger partial charge in [0, 0.05) is 28.0 Å². The highest BCUT2D eigenvalue weighted by Gasteiger charge is 2.41. The van der Waals surface area contributed by atoms with Crippen LogP contribution in [-0.4, -0.2) is 55.0 Å². The van der Waals surface area contributed by atoms with Crippen molar-refractivity contribution in [2.24, 2.45) is 0 Å². The van der Waals surface area contributed by atoms with Gasteiger partial charge in [0.15, 0.2) is 6.23 Å². The van der Waals surface area contributed by atoms with Gasteiger partial charge in [0.25, 0.3) is 11.8 Å². The van der Waals surface area contributed by atoms with E-state index in [0.717, 1.165) is 6.26 Å². The number of hydrogen-bond donors (Lipinski definition) is 1. The maximum atomic E-state index is 13.3. The molecule has 10 heteroatoms. The minimum Gasteiger partial charge on any atom is -0.460 e. The first-order valence-corrected chi connectivity index (χ1v) is 11.4. The van der Waals surface area contributed by atoms with E-state index in [0.29, 0.717) is 9.99 Å². The highest BCUT2D eigenvalue weighted by Crippen LogP contribution is 2.34. The predicted octanol–water partition coefficient (Wildman–Crippen LogP) is 1.86. The van der Waals surface area contributed by atoms with Gasteiger partial charge in [-0.15, -0.1) is 0 Å². The van der Waals surface area contributed by atoms with Crippen LogP contribution in [0.15, 0.2) is 60.7 Å². The van der Waals surface area contributed by atoms with E-state index in [1.54, 1.807) is 30.3 Å². The zero-order chi connectivity index (χ0) is 23.6. The lowest BCUT2D eigenvalue weighted by atomic mass is 10.0. The number of esters is 1. The molecule has 168 valence electrons. The summed E-state index contributed by atoms with van der Waals surface area (Å²) in [6.45, 7) is 4.97. The van der Waals surface area contributed by atoms with Gasteiger partial charge in [0.2, 0.25) is 10.0 Å². The standard InChI is InChI=1S/C22H22N2O7S/c1-14(2)22(28)31-12-11-23(16-7-5-4-6-8-16)19(25)15-9-10-17-18(13-15)21(27)24(20(17)26)32(3,29)30/h4-10,13,20,26H,1,11-12H2,2-3H3. The Bertz CT molecular complexity index is 1190. The van der Waals surface area contributed by atoms with Gasteiger partial charge in [0.1, 0.15) is 6.61 Å². The third-order valence-electron chi connectivity index (χ3n) is 4.80. The van der Waals surface area contributed by atoms with E-state index in [9.17, 15) is 27.9 Å². The quantitative estimate of drug-likeness (QED) is 0.496. The van der Waals surface area contributed by atoms with Gasteiger partial charge in [-0.2, -0.15) is 0 Å². The van der Waals surface area contributed by atoms with Gasteiger partial charge in [-0.05, 0) is 31.2 Å². The number of anilines is 1. The molecule has 1 atom stereocenters. The lowest BCUT2D eigenvalue weighted by Crippen LogP contribution is -2.35. The molecule has 32 heavy (non-hydrogen) atoms. The third-order valence-corrected chi connectivity index (χ3v) is 5.88. The molecule has 0 radical (unpaired) electrons. The molecule has 1 aliphatic rings. The van der Waals surface area contributed by atoms with E-state index in [1.807, 2.05) is 0 Å². The molecular formula is C22H22N2O7S. The number of para-hydroxylation sites is 1. The number of carbonyl (C=O) groups is 3. The first kappa shape index (κ1) is 23.2. The van der Waals surface area contributed by atoms with Gasteiger partial charge < -0.3 is 14.7 Å². The van der Waals surface area contributed by atoms with Crippen LogP contribution in [0, 0.1) is 0 Å². The summed E-state index contributed by atoms with van der Waals surface area (Å²) >= 11 is 0. The van der Waals surface area contributed by atoms with Crippen molar-refractivity contribution in [3.63, 3.8) is 0 Å². The third kappa shape index (κ3) is 4.56. The summed E-state index contributed by atoms with van der Waals surface area (Å²) in [5, 5.41) is 10.3. The molecule has 1 unspecified atom stereocenters. The highest BCUT2D eigenvalue weighted by atomic mass is 32.2. The van der Waals surface area contributed by atoms with Crippen molar-refractivity contribution in [1.29, 1.82) is 0 Å². The highest BCUT2D eigenvalue weighted by molar-refractivity contribution is 7.88. The van der Waals surface area contributed by atoms with Gasteiger partial charge in [-0.25, -0.2) is 17.5 Å². The second-order valence-corrected chi connectivity index (χ2v) is 9.11. The number of rotatable bonds is 7. The number of hydrogen-bond acceptors (Lipinski definition) is 7. The van der Waals surface area contributed by atoms with Crippen LogP contribution in [0.1, 0.15) is 39.4 Å². The van der Waals surface area contributed by atoms with Gasteiger partial charge in [-0.1, -0.05) is 30.8 Å². The maximum absolute atomic E-state index is 13.3. The smallest absolute Gasteiger partial charge is 0.333 e. The molecule has 2 aromatic carbocycles. The van der Waals surface area contributed by atoms with Gasteiger partial charge >= 0.3 is 5.97 Å². The number of fused-ring (bicyclic) bond motifs is 1. The summed E-state index contributed by atoms with van der Waals surface area (Å²) in [6, 6.07) is 12.7. The Labute approximate surface area is 185 Å². The van der Waals surface area contributed by atoms with Crippen LogP contribution in [0.2, 0.25) is 0 Å². The van der Waals surface area contributed by atoms with Crippen LogP contribution < -0.4 is 4.90 Å². The van der Waals surface area contributed by atoms with E-state index >= 15 is 0 Å². The number of aliphatic hydroxyl groups excluding tert-OH is 1. The van der Waals surface area contributed by atoms with Crippen LogP contribution in [-0.2, 0) is 19.6 Å². The fourth-order valence-corrected chi connectivity index (χ4v) is 4.13. The van der Waals surface area contributed by atoms with Crippen molar-refractivity contribution >= 4 is 33.5 Å². The summed E-state index contributed by atoms with van der Waals surface area (Å²) < 4.78 is 29.2. The summed E-state index contributed by atoms with van der Waals surface area (Å²) in [4.78, 5) is 38.9. The maximum Gasteiger partial charge on any atom is 0.333 e. The number of benzene rings is 2. The van der Waals surface area contributed by atoms with Crippen LogP contribution in [0.4, 0.5) is 5.69 Å². The molecule has 0 aromatic heterocycles. The van der Waals surface area contributed by atoms with Crippen LogP contribution in [0.5, 0.6) is 0 Å². The Balaban J connectivity index is 1.91. The number of sulfonamides is 1. The topological polar surface area (TPSA) is 121 Å². The lowest BCUT2D eigenvalue weighted by Gasteiger charge is -2.23. The first-order valence-electron chi connectivity index (χ1n) is 9.57. The molecule has 0 fully saturated rings. The fourth-order valence-electron chi connectivity index (χ4n) is 3.25. The average Bonchev–Trinajstić information content (AvgIpc) is 3.00. The van der Waals surface area contributed by atoms with Gasteiger partial charge in [-0.3, -0.25) is 9.59 Å². The largest absolute Gasteiger partial charge is 0.460 e. The van der Waals surface area contributed by atoms with E-state index in [2.05, 4.69) is 6.58 Å². The molecule has 1 aliphatic heterocycles. The Morgan fingerprint density at radius 3 is 2.44 bits per heavy atom. The van der Waals surface area contributed by atoms with Crippen molar-refractivity contribution in [3.8, 4) is 0 Å². The monoisotopic (exact) mass is 458 g/mol. The number of nitrogens with zero attached hydrogens (tertiary/aromatic N) is 2. The molecule has 9 nitrogen and oxygen atoms in total. The molecule has 1 heterocycles. The summed E-state index contributed by atoms with van der Waals surface area (Å²) in [5.41, 5.74) is 0.894. The van der Waals surface area contributed by atoms with Gasteiger partial charge in [0.05, 0.1) is 12.8 Å². The Kier molecular flexibility index (Phi) is 6.47. The normalized spacial score (nSPS) is 15.3. The lowest BCUT2D eigenvalue weighted by molar-refractivity contribution is -0.138. The summed E-state index contributed by atoms with van der Waals surface area (Å²) in [7, 11) is -4.01. The molecule has 2 amide bonds. The Hall–Kier alpha value is -3.50. The van der Waals surface area contributed by atoms with E-state index in [4.69, 9.17) is 4.74 Å². The molecule has 0 saturated carbocycles. The predicted molar refractivity (Wildman–Crippen MR) is 116 cm³/mol. The molecule has 2 aromatic rings. The molecule has 0 spiro atoms. The second-order valence-electron chi connectivity index (χ2n) is 7.25. The van der Waals surface area contributed by atoms with Crippen molar-refractivity contribution in [2.75, 3.05) is 24.3 Å². The van der Waals surface area contributed by atoms with Crippen LogP contribution in [0.3, 0.4) is 0 Å². The zero-order valence-corrected chi connectivity index (χ0v) is 18.3. The van der Waals surface area contributed by atoms with Crippen molar-refractivity contribution in [1.82, 2.24) is 4.31 Å². The molecular weight excluding hydrogens is 436 g/mol. The molecule has 1 N–H and O–H groups in total. The minimum absolute atomic E-state index is 0.0327. The Morgan fingerprint density at radius 2 is 1.84 bits per heavy atom. The number of carbonyl (C=O) groups excluding carboxylic acids is 3. The van der Waals surface area contributed by atoms with Crippen LogP contribution >= 0.6 is 0 Å². The minimum atomic E-state index is -4.01.